The molecule has 3 heterocycles. The van der Waals surface area contributed by atoms with E-state index in [-0.39, 0.29) is 16.7 Å². The third-order valence-corrected chi connectivity index (χ3v) is 6.45. The number of hydrogen-bond donors (Lipinski definition) is 2. The number of aromatic nitrogens is 5. The zero-order valence-electron chi connectivity index (χ0n) is 18.2. The molecular formula is C25H21N7O2. The van der Waals surface area contributed by atoms with Gasteiger partial charge in [0.2, 0.25) is 5.82 Å². The van der Waals surface area contributed by atoms with Crippen molar-refractivity contribution in [2.24, 2.45) is 0 Å². The minimum atomic E-state index is -0.346. The maximum absolute atomic E-state index is 11.3. The molecule has 9 heteroatoms. The van der Waals surface area contributed by atoms with Crippen molar-refractivity contribution in [3.05, 3.63) is 105 Å². The number of benzene rings is 3. The van der Waals surface area contributed by atoms with Crippen LogP contribution in [0, 0.1) is 10.1 Å². The van der Waals surface area contributed by atoms with Crippen molar-refractivity contribution >= 4 is 16.6 Å². The van der Waals surface area contributed by atoms with Gasteiger partial charge in [-0.1, -0.05) is 48.5 Å². The number of nitro benzene ring substituents is 1. The van der Waals surface area contributed by atoms with Crippen molar-refractivity contribution in [2.45, 2.75) is 19.0 Å². The van der Waals surface area contributed by atoms with Crippen LogP contribution in [-0.2, 0) is 13.0 Å². The lowest BCUT2D eigenvalue weighted by Gasteiger charge is -2.36. The molecule has 0 saturated heterocycles. The fourth-order valence-electron chi connectivity index (χ4n) is 4.97. The van der Waals surface area contributed by atoms with Gasteiger partial charge in [-0.3, -0.25) is 15.0 Å². The number of tetrazole rings is 1. The lowest BCUT2D eigenvalue weighted by Crippen LogP contribution is -2.35. The molecule has 0 bridgehead atoms. The summed E-state index contributed by atoms with van der Waals surface area (Å²) in [6.07, 6.45) is 0.898. The average Bonchev–Trinajstić information content (AvgIpc) is 3.52. The van der Waals surface area contributed by atoms with Gasteiger partial charge in [0.15, 0.2) is 0 Å². The van der Waals surface area contributed by atoms with Gasteiger partial charge >= 0.3 is 0 Å². The van der Waals surface area contributed by atoms with Gasteiger partial charge in [0.1, 0.15) is 0 Å². The Kier molecular flexibility index (Phi) is 4.88. The van der Waals surface area contributed by atoms with Gasteiger partial charge in [-0.2, -0.15) is 5.21 Å². The maximum Gasteiger partial charge on any atom is 0.269 e. The van der Waals surface area contributed by atoms with E-state index in [4.69, 9.17) is 0 Å². The minimum absolute atomic E-state index is 0.0535. The predicted octanol–water partition coefficient (Wildman–Crippen LogP) is 4.40. The highest BCUT2D eigenvalue weighted by molar-refractivity contribution is 5.85. The molecule has 1 aliphatic heterocycles. The summed E-state index contributed by atoms with van der Waals surface area (Å²) in [6.45, 7) is 1.42. The second-order valence-electron chi connectivity index (χ2n) is 8.47. The van der Waals surface area contributed by atoms with Crippen molar-refractivity contribution in [3.63, 3.8) is 0 Å². The first-order valence-electron chi connectivity index (χ1n) is 11.1. The summed E-state index contributed by atoms with van der Waals surface area (Å²) in [5.74, 6) is 0.541. The molecule has 34 heavy (non-hydrogen) atoms. The molecule has 168 valence electrons. The van der Waals surface area contributed by atoms with Crippen LogP contribution in [0.25, 0.3) is 22.3 Å². The number of nitro groups is 1. The van der Waals surface area contributed by atoms with E-state index in [0.29, 0.717) is 12.4 Å². The van der Waals surface area contributed by atoms with Crippen LogP contribution in [0.3, 0.4) is 0 Å². The Morgan fingerprint density at radius 3 is 2.79 bits per heavy atom. The fourth-order valence-corrected chi connectivity index (χ4v) is 4.97. The summed E-state index contributed by atoms with van der Waals surface area (Å²) in [5.41, 5.74) is 6.59. The van der Waals surface area contributed by atoms with Gasteiger partial charge in [0, 0.05) is 47.4 Å². The van der Waals surface area contributed by atoms with E-state index in [0.717, 1.165) is 40.9 Å². The SMILES string of the molecule is O=[N+]([O-])c1cccc(CN2CCc3c([nH]c4ccccc34)C2c2cccc(-c3nn[nH]n3)c2)c1. The summed E-state index contributed by atoms with van der Waals surface area (Å²) in [4.78, 5) is 17.0. The largest absolute Gasteiger partial charge is 0.357 e. The summed E-state index contributed by atoms with van der Waals surface area (Å²) < 4.78 is 0. The quantitative estimate of drug-likeness (QED) is 0.302. The third-order valence-electron chi connectivity index (χ3n) is 6.45. The summed E-state index contributed by atoms with van der Waals surface area (Å²) in [6, 6.07) is 23.4. The first kappa shape index (κ1) is 20.3. The molecule has 3 aromatic carbocycles. The maximum atomic E-state index is 11.3. The van der Waals surface area contributed by atoms with Crippen LogP contribution in [0.5, 0.6) is 0 Å². The Balaban J connectivity index is 1.46. The van der Waals surface area contributed by atoms with E-state index in [2.05, 4.69) is 60.8 Å². The van der Waals surface area contributed by atoms with Crippen LogP contribution in [0.1, 0.15) is 28.4 Å². The van der Waals surface area contributed by atoms with Crippen molar-refractivity contribution in [1.82, 2.24) is 30.5 Å². The first-order chi connectivity index (χ1) is 16.7. The van der Waals surface area contributed by atoms with Gasteiger partial charge in [-0.05, 0) is 40.5 Å². The minimum Gasteiger partial charge on any atom is -0.357 e. The highest BCUT2D eigenvalue weighted by Gasteiger charge is 2.32. The highest BCUT2D eigenvalue weighted by Crippen LogP contribution is 2.40. The van der Waals surface area contributed by atoms with Gasteiger partial charge in [-0.15, -0.1) is 10.2 Å². The molecule has 2 N–H and O–H groups in total. The number of aromatic amines is 2. The third kappa shape index (κ3) is 3.52. The van der Waals surface area contributed by atoms with Gasteiger partial charge in [0.05, 0.1) is 11.0 Å². The second kappa shape index (κ2) is 8.20. The molecule has 0 radical (unpaired) electrons. The number of fused-ring (bicyclic) bond motifs is 3. The molecule has 1 atom stereocenters. The molecule has 1 unspecified atom stereocenters. The molecule has 0 amide bonds. The van der Waals surface area contributed by atoms with E-state index in [9.17, 15) is 10.1 Å². The number of rotatable bonds is 5. The number of hydrogen-bond acceptors (Lipinski definition) is 6. The Labute approximate surface area is 194 Å². The van der Waals surface area contributed by atoms with Crippen molar-refractivity contribution in [2.75, 3.05) is 6.54 Å². The Morgan fingerprint density at radius 1 is 1.06 bits per heavy atom. The van der Waals surface area contributed by atoms with E-state index in [1.54, 1.807) is 12.1 Å². The monoisotopic (exact) mass is 451 g/mol. The van der Waals surface area contributed by atoms with Gasteiger partial charge < -0.3 is 4.98 Å². The average molecular weight is 451 g/mol. The number of non-ortho nitro benzene ring substituents is 1. The molecule has 0 spiro atoms. The number of nitrogens with one attached hydrogen (secondary N) is 2. The van der Waals surface area contributed by atoms with Crippen molar-refractivity contribution < 1.29 is 4.92 Å². The molecule has 2 aromatic heterocycles. The molecule has 6 rings (SSSR count). The summed E-state index contributed by atoms with van der Waals surface area (Å²) >= 11 is 0. The molecular weight excluding hydrogens is 430 g/mol. The van der Waals surface area contributed by atoms with Crippen LogP contribution in [0.4, 0.5) is 5.69 Å². The van der Waals surface area contributed by atoms with E-state index in [1.165, 1.54) is 17.0 Å². The molecule has 0 fully saturated rings. The standard InChI is InChI=1S/C25H21N7O2/c33-32(34)19-8-3-5-16(13-19)15-31-12-11-21-20-9-1-2-10-22(20)26-23(21)24(31)17-6-4-7-18(14-17)25-27-29-30-28-25/h1-10,13-14,24,26H,11-12,15H2,(H,27,28,29,30). The summed E-state index contributed by atoms with van der Waals surface area (Å²) in [5, 5.41) is 27.0. The van der Waals surface area contributed by atoms with E-state index < -0.39 is 0 Å². The van der Waals surface area contributed by atoms with Gasteiger partial charge in [-0.25, -0.2) is 0 Å². The first-order valence-corrected chi connectivity index (χ1v) is 11.1. The number of nitrogens with zero attached hydrogens (tertiary/aromatic N) is 5. The molecule has 9 nitrogen and oxygen atoms in total. The molecule has 0 aliphatic carbocycles. The van der Waals surface area contributed by atoms with Crippen LogP contribution >= 0.6 is 0 Å². The van der Waals surface area contributed by atoms with E-state index in [1.807, 2.05) is 24.3 Å². The predicted molar refractivity (Wildman–Crippen MR) is 127 cm³/mol. The fraction of sp³-hybridized carbons (Fsp3) is 0.160. The second-order valence-corrected chi connectivity index (χ2v) is 8.47. The van der Waals surface area contributed by atoms with Crippen LogP contribution in [0.2, 0.25) is 0 Å². The molecule has 1 aliphatic rings. The number of para-hydroxylation sites is 1. The van der Waals surface area contributed by atoms with E-state index >= 15 is 0 Å². The lowest BCUT2D eigenvalue weighted by atomic mass is 9.91. The van der Waals surface area contributed by atoms with Gasteiger partial charge in [0.25, 0.3) is 5.69 Å². The topological polar surface area (TPSA) is 117 Å². The number of H-pyrrole nitrogens is 2. The molecule has 5 aromatic rings. The normalized spacial score (nSPS) is 15.9. The van der Waals surface area contributed by atoms with Crippen molar-refractivity contribution in [1.29, 1.82) is 0 Å². The summed E-state index contributed by atoms with van der Waals surface area (Å²) in [7, 11) is 0. The zero-order valence-corrected chi connectivity index (χ0v) is 18.2. The molecule has 0 saturated carbocycles. The highest BCUT2D eigenvalue weighted by atomic mass is 16.6. The van der Waals surface area contributed by atoms with Crippen LogP contribution < -0.4 is 0 Å². The van der Waals surface area contributed by atoms with Crippen molar-refractivity contribution in [3.8, 4) is 11.4 Å². The zero-order chi connectivity index (χ0) is 23.1. The van der Waals surface area contributed by atoms with Crippen LogP contribution in [0.15, 0.2) is 72.8 Å². The Morgan fingerprint density at radius 2 is 1.94 bits per heavy atom. The smallest absolute Gasteiger partial charge is 0.269 e. The lowest BCUT2D eigenvalue weighted by molar-refractivity contribution is -0.384. The Hall–Kier alpha value is -4.37. The van der Waals surface area contributed by atoms with Crippen LogP contribution in [-0.4, -0.2) is 42.0 Å². The Bertz CT molecular complexity index is 1490.